The van der Waals surface area contributed by atoms with Gasteiger partial charge < -0.3 is 0 Å². The Hall–Kier alpha value is -2.67. The van der Waals surface area contributed by atoms with Crippen molar-refractivity contribution in [2.45, 2.75) is 23.8 Å². The normalized spacial score (nSPS) is 21.0. The lowest BCUT2D eigenvalue weighted by Crippen LogP contribution is -2.49. The summed E-state index contributed by atoms with van der Waals surface area (Å²) >= 11 is 0. The highest BCUT2D eigenvalue weighted by atomic mass is 32.2. The van der Waals surface area contributed by atoms with Gasteiger partial charge in [0.05, 0.1) is 4.90 Å². The first-order valence-electron chi connectivity index (χ1n) is 7.46. The van der Waals surface area contributed by atoms with Gasteiger partial charge in [-0.15, -0.1) is 0 Å². The number of benzene rings is 2. The molecule has 0 bridgehead atoms. The third kappa shape index (κ3) is 2.20. The first kappa shape index (κ1) is 16.2. The zero-order chi connectivity index (χ0) is 17.4. The summed E-state index contributed by atoms with van der Waals surface area (Å²) in [6, 6.07) is 15.1. The Morgan fingerprint density at radius 1 is 0.958 bits per heavy atom. The number of rotatable bonds is 4. The van der Waals surface area contributed by atoms with Crippen LogP contribution in [0.2, 0.25) is 0 Å². The van der Waals surface area contributed by atoms with Gasteiger partial charge in [0.2, 0.25) is 0 Å². The third-order valence-corrected chi connectivity index (χ3v) is 6.00. The smallest absolute Gasteiger partial charge is 0.275 e. The minimum atomic E-state index is -4.19. The van der Waals surface area contributed by atoms with Crippen molar-refractivity contribution in [3.05, 3.63) is 66.2 Å². The highest BCUT2D eigenvalue weighted by molar-refractivity contribution is 7.89. The molecule has 1 N–H and O–H groups in total. The van der Waals surface area contributed by atoms with E-state index in [-0.39, 0.29) is 11.3 Å². The van der Waals surface area contributed by atoms with Crippen LogP contribution in [0.15, 0.2) is 65.6 Å². The fourth-order valence-corrected chi connectivity index (χ4v) is 4.70. The molecular weight excluding hydrogens is 328 g/mol. The Bertz CT molecular complexity index is 881. The molecule has 1 aliphatic rings. The molecule has 0 aromatic heterocycles. The summed E-state index contributed by atoms with van der Waals surface area (Å²) in [5, 5.41) is 2.15. The Kier molecular flexibility index (Phi) is 3.88. The SMILES string of the molecule is CCC1(c2ccccc2)C(=O)NC(=O)N1S(=O)(=O)c1ccccc1. The molecule has 7 heteroatoms. The summed E-state index contributed by atoms with van der Waals surface area (Å²) < 4.78 is 26.8. The molecule has 6 nitrogen and oxygen atoms in total. The second-order valence-corrected chi connectivity index (χ2v) is 7.21. The number of hydrogen-bond acceptors (Lipinski definition) is 4. The predicted octanol–water partition coefficient (Wildman–Crippen LogP) is 2.23. The molecule has 1 atom stereocenters. The minimum Gasteiger partial charge on any atom is -0.275 e. The quantitative estimate of drug-likeness (QED) is 0.862. The van der Waals surface area contributed by atoms with Crippen LogP contribution in [0.25, 0.3) is 0 Å². The van der Waals surface area contributed by atoms with Crippen LogP contribution in [0.3, 0.4) is 0 Å². The molecular formula is C17H16N2O4S. The molecule has 124 valence electrons. The maximum Gasteiger partial charge on any atom is 0.339 e. The summed E-state index contributed by atoms with van der Waals surface area (Å²) in [4.78, 5) is 24.9. The Morgan fingerprint density at radius 3 is 2.04 bits per heavy atom. The molecule has 2 aromatic carbocycles. The van der Waals surface area contributed by atoms with Crippen LogP contribution in [0, 0.1) is 0 Å². The van der Waals surface area contributed by atoms with E-state index in [0.717, 1.165) is 0 Å². The number of nitrogens with one attached hydrogen (secondary N) is 1. The number of imide groups is 1. The summed E-state index contributed by atoms with van der Waals surface area (Å²) in [6.07, 6.45) is 0.126. The maximum absolute atomic E-state index is 13.1. The lowest BCUT2D eigenvalue weighted by molar-refractivity contribution is -0.126. The molecule has 1 heterocycles. The molecule has 0 saturated carbocycles. The van der Waals surface area contributed by atoms with E-state index in [4.69, 9.17) is 0 Å². The fourth-order valence-electron chi connectivity index (χ4n) is 3.00. The van der Waals surface area contributed by atoms with E-state index in [0.29, 0.717) is 9.87 Å². The number of hydrogen-bond donors (Lipinski definition) is 1. The van der Waals surface area contributed by atoms with Gasteiger partial charge in [0.1, 0.15) is 0 Å². The third-order valence-electron chi connectivity index (χ3n) is 4.17. The molecule has 1 aliphatic heterocycles. The number of carbonyl (C=O) groups excluding carboxylic acids is 2. The molecule has 0 spiro atoms. The van der Waals surface area contributed by atoms with E-state index in [1.807, 2.05) is 0 Å². The number of nitrogens with zero attached hydrogens (tertiary/aromatic N) is 1. The second-order valence-electron chi connectivity index (χ2n) is 5.42. The number of carbonyl (C=O) groups is 2. The van der Waals surface area contributed by atoms with Crippen molar-refractivity contribution in [2.75, 3.05) is 0 Å². The second kappa shape index (κ2) is 5.76. The van der Waals surface area contributed by atoms with Crippen molar-refractivity contribution in [1.82, 2.24) is 9.62 Å². The average Bonchev–Trinajstić information content (AvgIpc) is 2.87. The van der Waals surface area contributed by atoms with E-state index in [9.17, 15) is 18.0 Å². The van der Waals surface area contributed by atoms with Gasteiger partial charge in [0.15, 0.2) is 5.54 Å². The summed E-state index contributed by atoms with van der Waals surface area (Å²) in [5.74, 6) is -0.638. The lowest BCUT2D eigenvalue weighted by atomic mass is 9.87. The molecule has 3 rings (SSSR count). The molecule has 1 fully saturated rings. The van der Waals surface area contributed by atoms with E-state index in [1.54, 1.807) is 55.5 Å². The average molecular weight is 344 g/mol. The Labute approximate surface area is 140 Å². The van der Waals surface area contributed by atoms with Crippen molar-refractivity contribution in [3.8, 4) is 0 Å². The van der Waals surface area contributed by atoms with Gasteiger partial charge in [-0.2, -0.15) is 4.31 Å². The van der Waals surface area contributed by atoms with Crippen molar-refractivity contribution in [3.63, 3.8) is 0 Å². The molecule has 24 heavy (non-hydrogen) atoms. The largest absolute Gasteiger partial charge is 0.339 e. The Morgan fingerprint density at radius 2 is 1.50 bits per heavy atom. The molecule has 3 amide bonds. The monoisotopic (exact) mass is 344 g/mol. The van der Waals surface area contributed by atoms with Crippen molar-refractivity contribution >= 4 is 22.0 Å². The number of amides is 3. The van der Waals surface area contributed by atoms with Gasteiger partial charge in [-0.25, -0.2) is 13.2 Å². The summed E-state index contributed by atoms with van der Waals surface area (Å²) in [6.45, 7) is 1.68. The van der Waals surface area contributed by atoms with E-state index in [2.05, 4.69) is 5.32 Å². The highest BCUT2D eigenvalue weighted by Gasteiger charge is 2.58. The molecule has 1 saturated heterocycles. The first-order valence-corrected chi connectivity index (χ1v) is 8.90. The molecule has 1 unspecified atom stereocenters. The van der Waals surface area contributed by atoms with Crippen LogP contribution < -0.4 is 5.32 Å². The van der Waals surface area contributed by atoms with Gasteiger partial charge in [0, 0.05) is 0 Å². The predicted molar refractivity (Wildman–Crippen MR) is 87.4 cm³/mol. The van der Waals surface area contributed by atoms with Crippen molar-refractivity contribution in [1.29, 1.82) is 0 Å². The van der Waals surface area contributed by atoms with Gasteiger partial charge in [-0.05, 0) is 24.1 Å². The summed E-state index contributed by atoms with van der Waals surface area (Å²) in [7, 11) is -4.19. The van der Waals surface area contributed by atoms with Crippen LogP contribution >= 0.6 is 0 Å². The van der Waals surface area contributed by atoms with Crippen LogP contribution in [0.4, 0.5) is 4.79 Å². The number of sulfonamides is 1. The van der Waals surface area contributed by atoms with Gasteiger partial charge in [-0.1, -0.05) is 55.5 Å². The van der Waals surface area contributed by atoms with Gasteiger partial charge in [0.25, 0.3) is 15.9 Å². The maximum atomic E-state index is 13.1. The standard InChI is InChI=1S/C17H16N2O4S/c1-2-17(13-9-5-3-6-10-13)15(20)18-16(21)19(17)24(22,23)14-11-7-4-8-12-14/h3-12H,2H2,1H3,(H,18,20,21). The molecule has 0 radical (unpaired) electrons. The van der Waals surface area contributed by atoms with E-state index in [1.165, 1.54) is 12.1 Å². The lowest BCUT2D eigenvalue weighted by Gasteiger charge is -2.33. The van der Waals surface area contributed by atoms with E-state index < -0.39 is 27.5 Å². The topological polar surface area (TPSA) is 83.6 Å². The van der Waals surface area contributed by atoms with Crippen LogP contribution in [-0.2, 0) is 20.4 Å². The first-order chi connectivity index (χ1) is 11.4. The fraction of sp³-hybridized carbons (Fsp3) is 0.176. The van der Waals surface area contributed by atoms with Crippen molar-refractivity contribution in [2.24, 2.45) is 0 Å². The van der Waals surface area contributed by atoms with Crippen LogP contribution in [0.1, 0.15) is 18.9 Å². The number of urea groups is 1. The minimum absolute atomic E-state index is 0.0383. The Balaban J connectivity index is 2.25. The molecule has 2 aromatic rings. The van der Waals surface area contributed by atoms with Crippen LogP contribution in [-0.4, -0.2) is 24.7 Å². The van der Waals surface area contributed by atoms with Crippen LogP contribution in [0.5, 0.6) is 0 Å². The van der Waals surface area contributed by atoms with E-state index >= 15 is 0 Å². The summed E-state index contributed by atoms with van der Waals surface area (Å²) in [5.41, 5.74) is -1.14. The zero-order valence-electron chi connectivity index (χ0n) is 13.0. The van der Waals surface area contributed by atoms with Gasteiger partial charge >= 0.3 is 6.03 Å². The van der Waals surface area contributed by atoms with Crippen molar-refractivity contribution < 1.29 is 18.0 Å². The van der Waals surface area contributed by atoms with Gasteiger partial charge in [-0.3, -0.25) is 10.1 Å². The molecule has 0 aliphatic carbocycles. The zero-order valence-corrected chi connectivity index (χ0v) is 13.8. The highest BCUT2D eigenvalue weighted by Crippen LogP contribution is 2.40.